The lowest BCUT2D eigenvalue weighted by Gasteiger charge is -2.40. The second kappa shape index (κ2) is 7.84. The maximum Gasteiger partial charge on any atom is 0.294 e. The van der Waals surface area contributed by atoms with Crippen molar-refractivity contribution in [1.82, 2.24) is 19.4 Å². The molecule has 4 rings (SSSR count). The van der Waals surface area contributed by atoms with Gasteiger partial charge in [-0.15, -0.1) is 0 Å². The molecule has 0 saturated carbocycles. The SMILES string of the molecule is CN1CCN(C(=O)c2ccc(-n3ccnc3)c([N+](=O)[O-])c2)C(c2ccccc2)C1. The van der Waals surface area contributed by atoms with Crippen molar-refractivity contribution in [3.8, 4) is 5.69 Å². The average molecular weight is 391 g/mol. The molecule has 148 valence electrons. The first-order valence-electron chi connectivity index (χ1n) is 9.36. The van der Waals surface area contributed by atoms with Crippen LogP contribution in [0.3, 0.4) is 0 Å². The molecule has 1 amide bonds. The van der Waals surface area contributed by atoms with Gasteiger partial charge in [-0.3, -0.25) is 14.9 Å². The van der Waals surface area contributed by atoms with Crippen LogP contribution >= 0.6 is 0 Å². The molecule has 2 aromatic carbocycles. The molecular weight excluding hydrogens is 370 g/mol. The fourth-order valence-corrected chi connectivity index (χ4v) is 3.71. The van der Waals surface area contributed by atoms with E-state index in [-0.39, 0.29) is 17.6 Å². The van der Waals surface area contributed by atoms with Gasteiger partial charge in [0.25, 0.3) is 11.6 Å². The van der Waals surface area contributed by atoms with Crippen molar-refractivity contribution in [2.45, 2.75) is 6.04 Å². The summed E-state index contributed by atoms with van der Waals surface area (Å²) < 4.78 is 1.56. The van der Waals surface area contributed by atoms with E-state index in [2.05, 4.69) is 9.88 Å². The van der Waals surface area contributed by atoms with Gasteiger partial charge < -0.3 is 14.4 Å². The first-order valence-corrected chi connectivity index (χ1v) is 9.36. The van der Waals surface area contributed by atoms with Gasteiger partial charge in [0.1, 0.15) is 5.69 Å². The molecule has 29 heavy (non-hydrogen) atoms. The number of carbonyl (C=O) groups is 1. The standard InChI is InChI=1S/C21H21N5O3/c1-23-11-12-25(20(14-23)16-5-3-2-4-6-16)21(27)17-7-8-18(19(13-17)26(28)29)24-10-9-22-15-24/h2-10,13,15,20H,11-12,14H2,1H3. The first kappa shape index (κ1) is 18.8. The van der Waals surface area contributed by atoms with Crippen molar-refractivity contribution in [2.24, 2.45) is 0 Å². The predicted molar refractivity (Wildman–Crippen MR) is 108 cm³/mol. The molecule has 0 N–H and O–H groups in total. The van der Waals surface area contributed by atoms with Crippen LogP contribution in [0.25, 0.3) is 5.69 Å². The van der Waals surface area contributed by atoms with E-state index in [9.17, 15) is 14.9 Å². The van der Waals surface area contributed by atoms with Crippen molar-refractivity contribution >= 4 is 11.6 Å². The Morgan fingerprint density at radius 3 is 2.66 bits per heavy atom. The predicted octanol–water partition coefficient (Wildman–Crippen LogP) is 2.91. The lowest BCUT2D eigenvalue weighted by molar-refractivity contribution is -0.384. The van der Waals surface area contributed by atoms with E-state index in [0.717, 1.165) is 12.1 Å². The molecule has 0 bridgehead atoms. The van der Waals surface area contributed by atoms with Gasteiger partial charge in [-0.25, -0.2) is 4.98 Å². The van der Waals surface area contributed by atoms with Crippen LogP contribution in [-0.4, -0.2) is 56.9 Å². The molecule has 2 heterocycles. The molecule has 1 aliphatic heterocycles. The van der Waals surface area contributed by atoms with Gasteiger partial charge in [-0.1, -0.05) is 30.3 Å². The Bertz CT molecular complexity index is 1020. The Labute approximate surface area is 168 Å². The number of piperazine rings is 1. The van der Waals surface area contributed by atoms with Gasteiger partial charge in [0, 0.05) is 43.7 Å². The van der Waals surface area contributed by atoms with Gasteiger partial charge in [-0.2, -0.15) is 0 Å². The minimum absolute atomic E-state index is 0.102. The Kier molecular flexibility index (Phi) is 5.09. The maximum atomic E-state index is 13.3. The van der Waals surface area contributed by atoms with Crippen LogP contribution in [-0.2, 0) is 0 Å². The number of aromatic nitrogens is 2. The summed E-state index contributed by atoms with van der Waals surface area (Å²) in [5, 5.41) is 11.6. The van der Waals surface area contributed by atoms with Crippen LogP contribution in [0.1, 0.15) is 22.0 Å². The summed E-state index contributed by atoms with van der Waals surface area (Å²) in [7, 11) is 2.03. The zero-order chi connectivity index (χ0) is 20.4. The highest BCUT2D eigenvalue weighted by atomic mass is 16.6. The minimum atomic E-state index is -0.467. The minimum Gasteiger partial charge on any atom is -0.329 e. The molecule has 1 unspecified atom stereocenters. The van der Waals surface area contributed by atoms with Crippen LogP contribution in [0.2, 0.25) is 0 Å². The molecule has 1 atom stereocenters. The smallest absolute Gasteiger partial charge is 0.294 e. The largest absolute Gasteiger partial charge is 0.329 e. The van der Waals surface area contributed by atoms with Crippen molar-refractivity contribution in [1.29, 1.82) is 0 Å². The molecule has 3 aromatic rings. The van der Waals surface area contributed by atoms with Gasteiger partial charge in [0.05, 0.1) is 17.3 Å². The Morgan fingerprint density at radius 2 is 1.97 bits per heavy atom. The topological polar surface area (TPSA) is 84.5 Å². The van der Waals surface area contributed by atoms with Crippen molar-refractivity contribution < 1.29 is 9.72 Å². The number of hydrogen-bond acceptors (Lipinski definition) is 5. The van der Waals surface area contributed by atoms with Crippen molar-refractivity contribution in [3.63, 3.8) is 0 Å². The molecule has 0 spiro atoms. The number of amides is 1. The lowest BCUT2D eigenvalue weighted by atomic mass is 10.0. The molecule has 8 heteroatoms. The molecule has 1 saturated heterocycles. The fraction of sp³-hybridized carbons (Fsp3) is 0.238. The number of likely N-dealkylation sites (N-methyl/N-ethyl adjacent to an activating group) is 1. The van der Waals surface area contributed by atoms with Gasteiger partial charge >= 0.3 is 0 Å². The zero-order valence-electron chi connectivity index (χ0n) is 16.0. The molecular formula is C21H21N5O3. The summed E-state index contributed by atoms with van der Waals surface area (Å²) in [6.45, 7) is 2.03. The van der Waals surface area contributed by atoms with E-state index in [4.69, 9.17) is 0 Å². The summed E-state index contributed by atoms with van der Waals surface area (Å²) in [6.07, 6.45) is 4.68. The van der Waals surface area contributed by atoms with Gasteiger partial charge in [-0.05, 0) is 24.7 Å². The highest BCUT2D eigenvalue weighted by Gasteiger charge is 2.31. The van der Waals surface area contributed by atoms with Crippen molar-refractivity contribution in [2.75, 3.05) is 26.7 Å². The second-order valence-corrected chi connectivity index (χ2v) is 7.12. The Hall–Kier alpha value is -3.52. The summed E-state index contributed by atoms with van der Waals surface area (Å²) >= 11 is 0. The third-order valence-corrected chi connectivity index (χ3v) is 5.23. The summed E-state index contributed by atoms with van der Waals surface area (Å²) in [4.78, 5) is 32.4. The Morgan fingerprint density at radius 1 is 1.17 bits per heavy atom. The molecule has 8 nitrogen and oxygen atoms in total. The summed E-state index contributed by atoms with van der Waals surface area (Å²) in [5.41, 5.74) is 1.62. The number of carbonyl (C=O) groups excluding carboxylic acids is 1. The highest BCUT2D eigenvalue weighted by Crippen LogP contribution is 2.29. The Balaban J connectivity index is 1.69. The summed E-state index contributed by atoms with van der Waals surface area (Å²) in [6, 6.07) is 14.4. The molecule has 1 aliphatic rings. The van der Waals surface area contributed by atoms with Gasteiger partial charge in [0.2, 0.25) is 0 Å². The van der Waals surface area contributed by atoms with E-state index in [1.54, 1.807) is 29.1 Å². The summed E-state index contributed by atoms with van der Waals surface area (Å²) in [5.74, 6) is -0.202. The quantitative estimate of drug-likeness (QED) is 0.504. The number of benzene rings is 2. The normalized spacial score (nSPS) is 17.3. The van der Waals surface area contributed by atoms with E-state index < -0.39 is 4.92 Å². The number of nitro groups is 1. The first-order chi connectivity index (χ1) is 14.0. The zero-order valence-corrected chi connectivity index (χ0v) is 16.0. The number of hydrogen-bond donors (Lipinski definition) is 0. The molecule has 1 aromatic heterocycles. The molecule has 0 aliphatic carbocycles. The van der Waals surface area contributed by atoms with Crippen LogP contribution < -0.4 is 0 Å². The van der Waals surface area contributed by atoms with Crippen LogP contribution in [0.15, 0.2) is 67.3 Å². The maximum absolute atomic E-state index is 13.3. The fourth-order valence-electron chi connectivity index (χ4n) is 3.71. The van der Waals surface area contributed by atoms with Crippen LogP contribution in [0.4, 0.5) is 5.69 Å². The number of imidazole rings is 1. The van der Waals surface area contributed by atoms with Crippen LogP contribution in [0, 0.1) is 10.1 Å². The van der Waals surface area contributed by atoms with E-state index in [0.29, 0.717) is 24.3 Å². The van der Waals surface area contributed by atoms with E-state index >= 15 is 0 Å². The highest BCUT2D eigenvalue weighted by molar-refractivity contribution is 5.95. The number of rotatable bonds is 4. The van der Waals surface area contributed by atoms with E-state index in [1.807, 2.05) is 42.3 Å². The third-order valence-electron chi connectivity index (χ3n) is 5.23. The average Bonchev–Trinajstić information content (AvgIpc) is 3.28. The number of nitro benzene ring substituents is 1. The van der Waals surface area contributed by atoms with Crippen LogP contribution in [0.5, 0.6) is 0 Å². The molecule has 1 fully saturated rings. The molecule has 0 radical (unpaired) electrons. The van der Waals surface area contributed by atoms with E-state index in [1.165, 1.54) is 12.4 Å². The van der Waals surface area contributed by atoms with Gasteiger partial charge in [0.15, 0.2) is 0 Å². The second-order valence-electron chi connectivity index (χ2n) is 7.12. The lowest BCUT2D eigenvalue weighted by Crippen LogP contribution is -2.49. The third kappa shape index (κ3) is 3.74. The monoisotopic (exact) mass is 391 g/mol. The number of nitrogens with zero attached hydrogens (tertiary/aromatic N) is 5. The van der Waals surface area contributed by atoms with Crippen molar-refractivity contribution in [3.05, 3.63) is 88.5 Å².